The van der Waals surface area contributed by atoms with Crippen LogP contribution in [0.2, 0.25) is 0 Å². The fourth-order valence-corrected chi connectivity index (χ4v) is 6.24. The van der Waals surface area contributed by atoms with Crippen molar-refractivity contribution in [3.8, 4) is 0 Å². The van der Waals surface area contributed by atoms with E-state index in [0.717, 1.165) is 28.0 Å². The van der Waals surface area contributed by atoms with Crippen LogP contribution >= 0.6 is 11.8 Å². The van der Waals surface area contributed by atoms with Crippen molar-refractivity contribution in [3.05, 3.63) is 143 Å². The van der Waals surface area contributed by atoms with E-state index in [1.165, 1.54) is 0 Å². The third-order valence-corrected chi connectivity index (χ3v) is 8.54. The predicted molar refractivity (Wildman–Crippen MR) is 175 cm³/mol. The second-order valence-electron chi connectivity index (χ2n) is 10.8. The van der Waals surface area contributed by atoms with Gasteiger partial charge in [0.15, 0.2) is 0 Å². The Morgan fingerprint density at radius 1 is 0.667 bits per heavy atom. The van der Waals surface area contributed by atoms with Gasteiger partial charge in [0, 0.05) is 0 Å². The largest absolute Gasteiger partial charge is 0.478 e. The Labute approximate surface area is 269 Å². The van der Waals surface area contributed by atoms with Crippen molar-refractivity contribution in [1.29, 1.82) is 0 Å². The lowest BCUT2D eigenvalue weighted by Crippen LogP contribution is -2.60. The van der Waals surface area contributed by atoms with E-state index in [9.17, 15) is 9.90 Å². The molecule has 0 radical (unpaired) electrons. The van der Waals surface area contributed by atoms with Crippen LogP contribution < -0.4 is 0 Å². The number of hydrogen-bond acceptors (Lipinski definition) is 7. The monoisotopic (exact) mass is 628 g/mol. The maximum absolute atomic E-state index is 11.6. The summed E-state index contributed by atoms with van der Waals surface area (Å²) in [7, 11) is 0. The molecule has 0 aliphatic carbocycles. The van der Waals surface area contributed by atoms with Crippen molar-refractivity contribution in [2.24, 2.45) is 0 Å². The van der Waals surface area contributed by atoms with Crippen LogP contribution in [0.1, 0.15) is 39.5 Å². The van der Waals surface area contributed by atoms with Crippen molar-refractivity contribution in [1.82, 2.24) is 0 Å². The molecule has 1 heterocycles. The Kier molecular flexibility index (Phi) is 12.6. The average Bonchev–Trinajstić information content (AvgIpc) is 3.08. The molecule has 4 aromatic rings. The maximum atomic E-state index is 11.6. The number of aromatic carboxylic acids is 1. The van der Waals surface area contributed by atoms with Crippen LogP contribution in [0.4, 0.5) is 0 Å². The molecule has 5 atom stereocenters. The van der Waals surface area contributed by atoms with Gasteiger partial charge in [-0.3, -0.25) is 0 Å². The first kappa shape index (κ1) is 32.9. The molecule has 0 unspecified atom stereocenters. The van der Waals surface area contributed by atoms with Crippen LogP contribution in [0.15, 0.2) is 115 Å². The highest BCUT2D eigenvalue weighted by Crippen LogP contribution is 2.35. The van der Waals surface area contributed by atoms with E-state index in [-0.39, 0.29) is 17.6 Å². The lowest BCUT2D eigenvalue weighted by Gasteiger charge is -2.46. The minimum absolute atomic E-state index is 0.196. The second kappa shape index (κ2) is 17.3. The molecule has 1 aliphatic rings. The number of ether oxygens (including phenoxy) is 5. The van der Waals surface area contributed by atoms with Gasteiger partial charge in [0.2, 0.25) is 0 Å². The molecule has 7 nitrogen and oxygen atoms in total. The van der Waals surface area contributed by atoms with Gasteiger partial charge in [-0.2, -0.15) is 0 Å². The Bertz CT molecular complexity index is 1440. The summed E-state index contributed by atoms with van der Waals surface area (Å²) in [4.78, 5) is 11.6. The molecule has 236 valence electrons. The lowest BCUT2D eigenvalue weighted by atomic mass is 9.98. The normalized spacial score (nSPS) is 21.4. The molecule has 4 aromatic carbocycles. The van der Waals surface area contributed by atoms with Gasteiger partial charge >= 0.3 is 5.97 Å². The van der Waals surface area contributed by atoms with Crippen LogP contribution in [0.5, 0.6) is 0 Å². The predicted octanol–water partition coefficient (Wildman–Crippen LogP) is 7.14. The number of thioether (sulfide) groups is 1. The van der Waals surface area contributed by atoms with Crippen LogP contribution in [-0.2, 0) is 50.1 Å². The minimum Gasteiger partial charge on any atom is -0.478 e. The summed E-state index contributed by atoms with van der Waals surface area (Å²) >= 11 is 1.65. The molecule has 1 fully saturated rings. The minimum atomic E-state index is -0.978. The Morgan fingerprint density at radius 2 is 1.18 bits per heavy atom. The van der Waals surface area contributed by atoms with Crippen LogP contribution in [0, 0.1) is 0 Å². The zero-order valence-corrected chi connectivity index (χ0v) is 26.2. The number of hydrogen-bond donors (Lipinski definition) is 1. The smallest absolute Gasteiger partial charge is 0.335 e. The topological polar surface area (TPSA) is 83.5 Å². The molecule has 5 rings (SSSR count). The molecule has 0 aromatic heterocycles. The molecule has 0 bridgehead atoms. The van der Waals surface area contributed by atoms with Crippen molar-refractivity contribution in [3.63, 3.8) is 0 Å². The first-order valence-corrected chi connectivity index (χ1v) is 16.3. The summed E-state index contributed by atoms with van der Waals surface area (Å²) in [5, 5.41) is 9.51. The quantitative estimate of drug-likeness (QED) is 0.140. The van der Waals surface area contributed by atoms with Gasteiger partial charge in [-0.15, -0.1) is 11.8 Å². The zero-order valence-electron chi connectivity index (χ0n) is 25.4. The second-order valence-corrected chi connectivity index (χ2v) is 12.2. The van der Waals surface area contributed by atoms with Gasteiger partial charge in [0.05, 0.1) is 38.6 Å². The SMILES string of the molecule is CCS[C@@H]1O[C@H](COCc2ccccc2)[C@@H](OCc2ccccc2)[C@H](OCc2ccccc2)[C@H]1OCc1cccc(C(=O)O)c1. The van der Waals surface area contributed by atoms with Gasteiger partial charge in [0.1, 0.15) is 29.9 Å². The molecule has 45 heavy (non-hydrogen) atoms. The number of carbonyl (C=O) groups is 1. The summed E-state index contributed by atoms with van der Waals surface area (Å²) < 4.78 is 32.9. The van der Waals surface area contributed by atoms with Crippen molar-refractivity contribution < 1.29 is 33.6 Å². The zero-order chi connectivity index (χ0) is 31.3. The number of carboxylic acid groups (broad SMARTS) is 1. The fourth-order valence-electron chi connectivity index (χ4n) is 5.27. The van der Waals surface area contributed by atoms with E-state index >= 15 is 0 Å². The molecule has 8 heteroatoms. The summed E-state index contributed by atoms with van der Waals surface area (Å²) in [6.07, 6.45) is -1.93. The van der Waals surface area contributed by atoms with Gasteiger partial charge in [-0.25, -0.2) is 4.79 Å². The summed E-state index contributed by atoms with van der Waals surface area (Å²) in [6, 6.07) is 36.9. The van der Waals surface area contributed by atoms with E-state index in [1.54, 1.807) is 30.0 Å². The third-order valence-electron chi connectivity index (χ3n) is 7.50. The molecule has 1 N–H and O–H groups in total. The molecule has 1 saturated heterocycles. The summed E-state index contributed by atoms with van der Waals surface area (Å²) in [5.41, 5.74) is 3.77. The van der Waals surface area contributed by atoms with Crippen molar-refractivity contribution in [2.75, 3.05) is 12.4 Å². The lowest BCUT2D eigenvalue weighted by molar-refractivity contribution is -0.254. The third kappa shape index (κ3) is 9.74. The highest BCUT2D eigenvalue weighted by Gasteiger charge is 2.48. The fraction of sp³-hybridized carbons (Fsp3) is 0.324. The summed E-state index contributed by atoms with van der Waals surface area (Å²) in [6.45, 7) is 3.78. The van der Waals surface area contributed by atoms with Gasteiger partial charge in [-0.05, 0) is 40.1 Å². The first-order valence-electron chi connectivity index (χ1n) is 15.2. The first-order chi connectivity index (χ1) is 22.1. The average molecular weight is 629 g/mol. The highest BCUT2D eigenvalue weighted by atomic mass is 32.2. The molecular weight excluding hydrogens is 588 g/mol. The van der Waals surface area contributed by atoms with E-state index in [0.29, 0.717) is 26.4 Å². The van der Waals surface area contributed by atoms with Crippen LogP contribution in [-0.4, -0.2) is 53.3 Å². The van der Waals surface area contributed by atoms with Crippen molar-refractivity contribution >= 4 is 17.7 Å². The Balaban J connectivity index is 1.42. The maximum Gasteiger partial charge on any atom is 0.335 e. The van der Waals surface area contributed by atoms with E-state index in [1.807, 2.05) is 97.1 Å². The van der Waals surface area contributed by atoms with Crippen LogP contribution in [0.25, 0.3) is 0 Å². The molecule has 0 spiro atoms. The van der Waals surface area contributed by atoms with E-state index in [2.05, 4.69) is 6.92 Å². The summed E-state index contributed by atoms with van der Waals surface area (Å²) in [5.74, 6) is -0.175. The molecular formula is C37H40O7S. The van der Waals surface area contributed by atoms with E-state index < -0.39 is 30.4 Å². The van der Waals surface area contributed by atoms with Crippen LogP contribution in [0.3, 0.4) is 0 Å². The Morgan fingerprint density at radius 3 is 1.76 bits per heavy atom. The highest BCUT2D eigenvalue weighted by molar-refractivity contribution is 7.99. The van der Waals surface area contributed by atoms with Gasteiger partial charge < -0.3 is 28.8 Å². The standard InChI is InChI=1S/C37H40O7S/c1-2-45-37-35(43-25-30-19-12-20-31(21-30)36(38)39)34(42-24-29-17-10-5-11-18-29)33(41-23-28-15-8-4-9-16-28)32(44-37)26-40-22-27-13-6-3-7-14-27/h3-21,32-35,37H,2,22-26H2,1H3,(H,38,39)/t32-,33-,34+,35-,37+/m1/s1. The van der Waals surface area contributed by atoms with E-state index in [4.69, 9.17) is 23.7 Å². The molecule has 1 aliphatic heterocycles. The number of benzene rings is 4. The number of carboxylic acids is 1. The van der Waals surface area contributed by atoms with Crippen molar-refractivity contribution in [2.45, 2.75) is 63.2 Å². The van der Waals surface area contributed by atoms with Gasteiger partial charge in [0.25, 0.3) is 0 Å². The van der Waals surface area contributed by atoms with Gasteiger partial charge in [-0.1, -0.05) is 110 Å². The molecule has 0 amide bonds. The Hall–Kier alpha value is -3.50. The number of rotatable bonds is 16. The molecule has 0 saturated carbocycles.